The minimum atomic E-state index is -1.05. The van der Waals surface area contributed by atoms with E-state index >= 15 is 0 Å². The first-order valence-corrected chi connectivity index (χ1v) is 8.27. The summed E-state index contributed by atoms with van der Waals surface area (Å²) >= 11 is 0. The van der Waals surface area contributed by atoms with Crippen molar-refractivity contribution in [1.29, 1.82) is 0 Å². The Morgan fingerprint density at radius 3 is 2.29 bits per heavy atom. The smallest absolute Gasteiger partial charge is 0.329 e. The van der Waals surface area contributed by atoms with E-state index in [9.17, 15) is 14.7 Å². The van der Waals surface area contributed by atoms with E-state index in [0.717, 1.165) is 32.1 Å². The van der Waals surface area contributed by atoms with E-state index in [-0.39, 0.29) is 12.1 Å². The zero-order valence-corrected chi connectivity index (χ0v) is 13.2. The van der Waals surface area contributed by atoms with Gasteiger partial charge < -0.3 is 15.7 Å². The summed E-state index contributed by atoms with van der Waals surface area (Å²) in [4.78, 5) is 23.7. The number of amides is 2. The van der Waals surface area contributed by atoms with Crippen molar-refractivity contribution >= 4 is 12.0 Å². The van der Waals surface area contributed by atoms with Gasteiger partial charge in [0, 0.05) is 6.04 Å². The van der Waals surface area contributed by atoms with Crippen LogP contribution in [-0.4, -0.2) is 28.7 Å². The Balaban J connectivity index is 1.95. The molecule has 0 bridgehead atoms. The Morgan fingerprint density at radius 2 is 1.71 bits per heavy atom. The molecule has 0 radical (unpaired) electrons. The fraction of sp³-hybridized carbons (Fsp3) is 0.875. The highest BCUT2D eigenvalue weighted by Gasteiger charge is 2.43. The van der Waals surface area contributed by atoms with Gasteiger partial charge in [-0.2, -0.15) is 0 Å². The minimum absolute atomic E-state index is 0.172. The highest BCUT2D eigenvalue weighted by Crippen LogP contribution is 2.31. The maximum Gasteiger partial charge on any atom is 0.329 e. The Bertz CT molecular complexity index is 389. The molecule has 0 aromatic carbocycles. The molecule has 2 aliphatic rings. The number of carbonyl (C=O) groups is 2. The molecule has 5 heteroatoms. The van der Waals surface area contributed by atoms with Crippen LogP contribution in [0, 0.1) is 11.8 Å². The molecule has 2 amide bonds. The topological polar surface area (TPSA) is 78.4 Å². The summed E-state index contributed by atoms with van der Waals surface area (Å²) < 4.78 is 0. The van der Waals surface area contributed by atoms with Crippen molar-refractivity contribution in [2.75, 3.05) is 0 Å². The molecule has 0 spiro atoms. The van der Waals surface area contributed by atoms with E-state index in [1.807, 2.05) is 0 Å². The van der Waals surface area contributed by atoms with Crippen LogP contribution in [0.1, 0.15) is 65.2 Å². The maximum absolute atomic E-state index is 12.3. The number of urea groups is 1. The number of carboxylic acids is 1. The zero-order valence-electron chi connectivity index (χ0n) is 13.2. The first-order valence-electron chi connectivity index (χ1n) is 8.27. The standard InChI is InChI=1S/C16H28N2O3/c1-11(2)12-7-3-4-8-13(12)17-15(21)18-16(14(19)20)9-5-6-10-16/h11-13H,3-10H2,1-2H3,(H,19,20)(H2,17,18,21). The molecular formula is C16H28N2O3. The van der Waals surface area contributed by atoms with Gasteiger partial charge in [-0.1, -0.05) is 39.5 Å². The van der Waals surface area contributed by atoms with Crippen LogP contribution in [0.4, 0.5) is 4.79 Å². The quantitative estimate of drug-likeness (QED) is 0.746. The van der Waals surface area contributed by atoms with Crippen molar-refractivity contribution in [3.05, 3.63) is 0 Å². The molecule has 5 nitrogen and oxygen atoms in total. The molecule has 0 aromatic rings. The number of rotatable bonds is 4. The lowest BCUT2D eigenvalue weighted by molar-refractivity contribution is -0.144. The predicted octanol–water partition coefficient (Wildman–Crippen LogP) is 2.90. The Hall–Kier alpha value is -1.26. The van der Waals surface area contributed by atoms with E-state index < -0.39 is 11.5 Å². The molecule has 0 aliphatic heterocycles. The number of aliphatic carboxylic acids is 1. The van der Waals surface area contributed by atoms with E-state index in [1.165, 1.54) is 6.42 Å². The van der Waals surface area contributed by atoms with Crippen molar-refractivity contribution in [1.82, 2.24) is 10.6 Å². The third kappa shape index (κ3) is 3.69. The monoisotopic (exact) mass is 296 g/mol. The molecule has 2 saturated carbocycles. The van der Waals surface area contributed by atoms with E-state index in [2.05, 4.69) is 24.5 Å². The molecule has 21 heavy (non-hydrogen) atoms. The molecule has 2 fully saturated rings. The third-order valence-corrected chi connectivity index (χ3v) is 5.21. The van der Waals surface area contributed by atoms with Crippen LogP contribution in [0.2, 0.25) is 0 Å². The van der Waals surface area contributed by atoms with Crippen LogP contribution in [0.15, 0.2) is 0 Å². The number of hydrogen-bond donors (Lipinski definition) is 3. The van der Waals surface area contributed by atoms with Gasteiger partial charge in [0.15, 0.2) is 0 Å². The van der Waals surface area contributed by atoms with Crippen LogP contribution in [-0.2, 0) is 4.79 Å². The van der Waals surface area contributed by atoms with Crippen LogP contribution < -0.4 is 10.6 Å². The lowest BCUT2D eigenvalue weighted by Gasteiger charge is -2.36. The van der Waals surface area contributed by atoms with Crippen molar-refractivity contribution in [2.24, 2.45) is 11.8 Å². The van der Waals surface area contributed by atoms with Crippen LogP contribution in [0.25, 0.3) is 0 Å². The van der Waals surface area contributed by atoms with Gasteiger partial charge in [-0.05, 0) is 37.5 Å². The summed E-state index contributed by atoms with van der Waals surface area (Å²) in [6.07, 6.45) is 7.31. The SMILES string of the molecule is CC(C)C1CCCCC1NC(=O)NC1(C(=O)O)CCCC1. The second-order valence-electron chi connectivity index (χ2n) is 6.99. The molecule has 2 atom stereocenters. The fourth-order valence-corrected chi connectivity index (χ4v) is 3.93. The summed E-state index contributed by atoms with van der Waals surface area (Å²) in [5, 5.41) is 15.2. The lowest BCUT2D eigenvalue weighted by atomic mass is 9.78. The van der Waals surface area contributed by atoms with Gasteiger partial charge in [0.1, 0.15) is 5.54 Å². The van der Waals surface area contributed by atoms with E-state index in [4.69, 9.17) is 0 Å². The first kappa shape index (κ1) is 16.1. The van der Waals surface area contributed by atoms with Gasteiger partial charge in [0.05, 0.1) is 0 Å². The largest absolute Gasteiger partial charge is 0.480 e. The Morgan fingerprint density at radius 1 is 1.10 bits per heavy atom. The van der Waals surface area contributed by atoms with Crippen LogP contribution >= 0.6 is 0 Å². The van der Waals surface area contributed by atoms with Crippen LogP contribution in [0.5, 0.6) is 0 Å². The summed E-state index contributed by atoms with van der Waals surface area (Å²) in [6, 6.07) is -0.136. The second kappa shape index (κ2) is 6.67. The fourth-order valence-electron chi connectivity index (χ4n) is 3.93. The lowest BCUT2D eigenvalue weighted by Crippen LogP contribution is -2.58. The number of carboxylic acid groups (broad SMARTS) is 1. The normalized spacial score (nSPS) is 28.3. The van der Waals surface area contributed by atoms with Gasteiger partial charge >= 0.3 is 12.0 Å². The van der Waals surface area contributed by atoms with Crippen molar-refractivity contribution < 1.29 is 14.7 Å². The molecular weight excluding hydrogens is 268 g/mol. The van der Waals surface area contributed by atoms with Gasteiger partial charge in [-0.25, -0.2) is 9.59 Å². The van der Waals surface area contributed by atoms with Crippen molar-refractivity contribution in [3.63, 3.8) is 0 Å². The maximum atomic E-state index is 12.3. The third-order valence-electron chi connectivity index (χ3n) is 5.21. The van der Waals surface area contributed by atoms with Crippen molar-refractivity contribution in [3.8, 4) is 0 Å². The zero-order chi connectivity index (χ0) is 15.5. The van der Waals surface area contributed by atoms with E-state index in [1.54, 1.807) is 0 Å². The molecule has 120 valence electrons. The Kier molecular flexibility index (Phi) is 5.12. The Labute approximate surface area is 126 Å². The summed E-state index contributed by atoms with van der Waals surface area (Å²) in [5.74, 6) is 0.128. The molecule has 0 heterocycles. The van der Waals surface area contributed by atoms with Gasteiger partial charge in [0.2, 0.25) is 0 Å². The van der Waals surface area contributed by atoms with Crippen molar-refractivity contribution in [2.45, 2.75) is 76.8 Å². The second-order valence-corrected chi connectivity index (χ2v) is 6.99. The average molecular weight is 296 g/mol. The predicted molar refractivity (Wildman–Crippen MR) is 81.1 cm³/mol. The number of carbonyl (C=O) groups excluding carboxylic acids is 1. The highest BCUT2D eigenvalue weighted by molar-refractivity contribution is 5.86. The molecule has 0 aromatic heterocycles. The highest BCUT2D eigenvalue weighted by atomic mass is 16.4. The summed E-state index contributed by atoms with van der Waals surface area (Å²) in [7, 11) is 0. The first-order chi connectivity index (χ1) is 9.94. The number of nitrogens with one attached hydrogen (secondary N) is 2. The number of hydrogen-bond acceptors (Lipinski definition) is 2. The van der Waals surface area contributed by atoms with Gasteiger partial charge in [0.25, 0.3) is 0 Å². The van der Waals surface area contributed by atoms with E-state index in [0.29, 0.717) is 24.7 Å². The average Bonchev–Trinajstić information content (AvgIpc) is 2.88. The van der Waals surface area contributed by atoms with Crippen LogP contribution in [0.3, 0.4) is 0 Å². The molecule has 3 N–H and O–H groups in total. The summed E-state index contributed by atoms with van der Waals surface area (Å²) in [6.45, 7) is 4.39. The summed E-state index contributed by atoms with van der Waals surface area (Å²) in [5.41, 5.74) is -1.05. The molecule has 2 aliphatic carbocycles. The molecule has 0 saturated heterocycles. The van der Waals surface area contributed by atoms with Gasteiger partial charge in [-0.15, -0.1) is 0 Å². The molecule has 2 rings (SSSR count). The van der Waals surface area contributed by atoms with Gasteiger partial charge in [-0.3, -0.25) is 0 Å². The molecule has 2 unspecified atom stereocenters. The minimum Gasteiger partial charge on any atom is -0.480 e.